The fourth-order valence-electron chi connectivity index (χ4n) is 1.13. The largest absolute Gasteiger partial charge is 0.294 e. The first-order chi connectivity index (χ1) is 7.21. The molecule has 0 fully saturated rings. The molecule has 0 radical (unpaired) electrons. The Kier molecular flexibility index (Phi) is 5.16. The summed E-state index contributed by atoms with van der Waals surface area (Å²) < 4.78 is 30.3. The predicted molar refractivity (Wildman–Crippen MR) is 66.3 cm³/mol. The summed E-state index contributed by atoms with van der Waals surface area (Å²) in [5.41, 5.74) is 1.02. The van der Waals surface area contributed by atoms with Crippen molar-refractivity contribution in [3.8, 4) is 0 Å². The number of rotatable bonds is 1. The first kappa shape index (κ1) is 15.1. The zero-order valence-electron chi connectivity index (χ0n) is 10.5. The van der Waals surface area contributed by atoms with Gasteiger partial charge in [0, 0.05) is 0 Å². The van der Waals surface area contributed by atoms with E-state index in [2.05, 4.69) is 0 Å². The fraction of sp³-hybridized carbons (Fsp3) is 0.500. The summed E-state index contributed by atoms with van der Waals surface area (Å²) in [6, 6.07) is 6.25. The number of benzene rings is 1. The molecule has 0 saturated heterocycles. The zero-order chi connectivity index (χ0) is 13.0. The van der Waals surface area contributed by atoms with Crippen molar-refractivity contribution in [3.05, 3.63) is 29.8 Å². The van der Waals surface area contributed by atoms with Gasteiger partial charge < -0.3 is 0 Å². The highest BCUT2D eigenvalue weighted by Crippen LogP contribution is 2.23. The maximum absolute atomic E-state index is 10.7. The Balaban J connectivity index is 0.00000106. The minimum atomic E-state index is -4.07. The van der Waals surface area contributed by atoms with E-state index in [4.69, 9.17) is 4.55 Å². The lowest BCUT2D eigenvalue weighted by molar-refractivity contribution is 0.483. The van der Waals surface area contributed by atoms with E-state index in [1.54, 1.807) is 12.1 Å². The predicted octanol–water partition coefficient (Wildman–Crippen LogP) is 3.26. The quantitative estimate of drug-likeness (QED) is 0.771. The van der Waals surface area contributed by atoms with Crippen molar-refractivity contribution in [3.63, 3.8) is 0 Å². The van der Waals surface area contributed by atoms with Gasteiger partial charge in [0.05, 0.1) is 4.90 Å². The minimum Gasteiger partial charge on any atom is -0.282 e. The van der Waals surface area contributed by atoms with Gasteiger partial charge in [0.25, 0.3) is 10.1 Å². The lowest BCUT2D eigenvalue weighted by Crippen LogP contribution is -2.11. The fourth-order valence-corrected chi connectivity index (χ4v) is 1.61. The lowest BCUT2D eigenvalue weighted by atomic mass is 9.87. The Bertz CT molecular complexity index is 411. The molecular formula is C12H20O3S. The summed E-state index contributed by atoms with van der Waals surface area (Å²) in [4.78, 5) is -0.0644. The van der Waals surface area contributed by atoms with Gasteiger partial charge in [0.15, 0.2) is 0 Å². The van der Waals surface area contributed by atoms with Crippen molar-refractivity contribution in [1.82, 2.24) is 0 Å². The van der Waals surface area contributed by atoms with E-state index in [1.807, 2.05) is 34.6 Å². The van der Waals surface area contributed by atoms with Crippen LogP contribution in [0.4, 0.5) is 0 Å². The monoisotopic (exact) mass is 244 g/mol. The van der Waals surface area contributed by atoms with Crippen LogP contribution in [0.15, 0.2) is 29.2 Å². The molecule has 92 valence electrons. The normalized spacial score (nSPS) is 11.6. The molecular weight excluding hydrogens is 224 g/mol. The molecule has 1 N–H and O–H groups in total. The van der Waals surface area contributed by atoms with Crippen molar-refractivity contribution in [1.29, 1.82) is 0 Å². The van der Waals surface area contributed by atoms with Crippen LogP contribution in [-0.2, 0) is 15.5 Å². The number of hydrogen-bond donors (Lipinski definition) is 1. The molecule has 0 bridgehead atoms. The van der Waals surface area contributed by atoms with E-state index in [9.17, 15) is 8.42 Å². The molecule has 0 aliphatic rings. The highest BCUT2D eigenvalue weighted by molar-refractivity contribution is 7.85. The van der Waals surface area contributed by atoms with E-state index in [1.165, 1.54) is 12.1 Å². The van der Waals surface area contributed by atoms with E-state index >= 15 is 0 Å². The Morgan fingerprint density at radius 3 is 1.62 bits per heavy atom. The minimum absolute atomic E-state index is 0.0161. The van der Waals surface area contributed by atoms with Gasteiger partial charge in [-0.1, -0.05) is 46.8 Å². The highest BCUT2D eigenvalue weighted by Gasteiger charge is 2.15. The standard InChI is InChI=1S/C10H14O3S.C2H6/c1-10(2,3)8-4-6-9(7-5-8)14(11,12)13;1-2/h4-7H,1-3H3,(H,11,12,13);1-2H3. The van der Waals surface area contributed by atoms with E-state index in [-0.39, 0.29) is 10.3 Å². The van der Waals surface area contributed by atoms with E-state index in [0.29, 0.717) is 0 Å². The van der Waals surface area contributed by atoms with Crippen LogP contribution in [0.2, 0.25) is 0 Å². The molecule has 0 aromatic heterocycles. The second-order valence-electron chi connectivity index (χ2n) is 4.25. The summed E-state index contributed by atoms with van der Waals surface area (Å²) >= 11 is 0. The SMILES string of the molecule is CC.CC(C)(C)c1ccc(S(=O)(=O)O)cc1. The molecule has 0 aliphatic carbocycles. The van der Waals surface area contributed by atoms with Crippen LogP contribution < -0.4 is 0 Å². The first-order valence-electron chi connectivity index (χ1n) is 5.29. The molecule has 0 amide bonds. The average molecular weight is 244 g/mol. The maximum Gasteiger partial charge on any atom is 0.294 e. The first-order valence-corrected chi connectivity index (χ1v) is 6.73. The van der Waals surface area contributed by atoms with E-state index < -0.39 is 10.1 Å². The summed E-state index contributed by atoms with van der Waals surface area (Å²) in [6.07, 6.45) is 0. The third-order valence-electron chi connectivity index (χ3n) is 2.02. The topological polar surface area (TPSA) is 54.4 Å². The second-order valence-corrected chi connectivity index (χ2v) is 5.67. The summed E-state index contributed by atoms with van der Waals surface area (Å²) in [5.74, 6) is 0. The summed E-state index contributed by atoms with van der Waals surface area (Å²) in [5, 5.41) is 0. The van der Waals surface area contributed by atoms with Crippen LogP contribution in [0.3, 0.4) is 0 Å². The van der Waals surface area contributed by atoms with E-state index in [0.717, 1.165) is 5.56 Å². The smallest absolute Gasteiger partial charge is 0.282 e. The molecule has 1 aromatic rings. The molecule has 16 heavy (non-hydrogen) atoms. The second kappa shape index (κ2) is 5.46. The van der Waals surface area contributed by atoms with Gasteiger partial charge in [-0.25, -0.2) is 0 Å². The van der Waals surface area contributed by atoms with Crippen molar-refractivity contribution >= 4 is 10.1 Å². The average Bonchev–Trinajstić information content (AvgIpc) is 2.18. The van der Waals surface area contributed by atoms with Gasteiger partial charge in [0.2, 0.25) is 0 Å². The van der Waals surface area contributed by atoms with Gasteiger partial charge in [0.1, 0.15) is 0 Å². The third-order valence-corrected chi connectivity index (χ3v) is 2.89. The van der Waals surface area contributed by atoms with Crippen LogP contribution in [0.1, 0.15) is 40.2 Å². The van der Waals surface area contributed by atoms with Crippen molar-refractivity contribution in [2.45, 2.75) is 44.9 Å². The molecule has 1 rings (SSSR count). The zero-order valence-corrected chi connectivity index (χ0v) is 11.3. The van der Waals surface area contributed by atoms with Crippen molar-refractivity contribution in [2.24, 2.45) is 0 Å². The van der Waals surface area contributed by atoms with Crippen LogP contribution in [0.5, 0.6) is 0 Å². The van der Waals surface area contributed by atoms with Crippen molar-refractivity contribution in [2.75, 3.05) is 0 Å². The number of hydrogen-bond acceptors (Lipinski definition) is 2. The molecule has 0 atom stereocenters. The third kappa shape index (κ3) is 4.33. The van der Waals surface area contributed by atoms with Gasteiger partial charge >= 0.3 is 0 Å². The lowest BCUT2D eigenvalue weighted by Gasteiger charge is -2.18. The Labute approximate surface area is 98.3 Å². The summed E-state index contributed by atoms with van der Waals surface area (Å²) in [6.45, 7) is 10.1. The van der Waals surface area contributed by atoms with Crippen LogP contribution in [-0.4, -0.2) is 13.0 Å². The van der Waals surface area contributed by atoms with Gasteiger partial charge in [-0.05, 0) is 23.1 Å². The van der Waals surface area contributed by atoms with Crippen LogP contribution >= 0.6 is 0 Å². The van der Waals surface area contributed by atoms with Crippen LogP contribution in [0, 0.1) is 0 Å². The molecule has 0 unspecified atom stereocenters. The Morgan fingerprint density at radius 2 is 1.38 bits per heavy atom. The molecule has 0 spiro atoms. The molecule has 0 heterocycles. The molecule has 1 aromatic carbocycles. The highest BCUT2D eigenvalue weighted by atomic mass is 32.2. The van der Waals surface area contributed by atoms with Crippen LogP contribution in [0.25, 0.3) is 0 Å². The van der Waals surface area contributed by atoms with Gasteiger partial charge in [-0.3, -0.25) is 4.55 Å². The Hall–Kier alpha value is -0.870. The molecule has 3 nitrogen and oxygen atoms in total. The molecule has 4 heteroatoms. The Morgan fingerprint density at radius 1 is 1.00 bits per heavy atom. The maximum atomic E-state index is 10.7. The van der Waals surface area contributed by atoms with Gasteiger partial charge in [-0.15, -0.1) is 0 Å². The summed E-state index contributed by atoms with van der Waals surface area (Å²) in [7, 11) is -4.07. The van der Waals surface area contributed by atoms with Gasteiger partial charge in [-0.2, -0.15) is 8.42 Å². The van der Waals surface area contributed by atoms with Crippen molar-refractivity contribution < 1.29 is 13.0 Å². The molecule has 0 aliphatic heterocycles. The molecule has 0 saturated carbocycles.